The normalized spacial score (nSPS) is 23.1. The van der Waals surface area contributed by atoms with Gasteiger partial charge in [0, 0.05) is 0 Å². The molecule has 1 fully saturated rings. The van der Waals surface area contributed by atoms with Crippen LogP contribution in [0.15, 0.2) is 30.3 Å². The van der Waals surface area contributed by atoms with Crippen LogP contribution in [-0.2, 0) is 6.54 Å². The van der Waals surface area contributed by atoms with E-state index in [1.54, 1.807) is 0 Å². The van der Waals surface area contributed by atoms with Crippen LogP contribution in [0.3, 0.4) is 0 Å². The molecule has 0 spiro atoms. The second kappa shape index (κ2) is 5.07. The fraction of sp³-hybridized carbons (Fsp3) is 0.455. The van der Waals surface area contributed by atoms with Crippen molar-refractivity contribution in [2.24, 2.45) is 0 Å². The first-order chi connectivity index (χ1) is 6.88. The van der Waals surface area contributed by atoms with Gasteiger partial charge in [0.2, 0.25) is 0 Å². The summed E-state index contributed by atoms with van der Waals surface area (Å²) in [5.41, 5.74) is 1.34. The van der Waals surface area contributed by atoms with Gasteiger partial charge in [0.05, 0.1) is 0 Å². The average Bonchev–Trinajstić information content (AvgIpc) is 2.67. The molecule has 1 aliphatic heterocycles. The van der Waals surface area contributed by atoms with E-state index in [-0.39, 0.29) is 0 Å². The molecule has 1 heterocycles. The Morgan fingerprint density at radius 3 is 2.79 bits per heavy atom. The predicted molar refractivity (Wildman–Crippen MR) is 51.2 cm³/mol. The SMILES string of the molecule is F[I-][C@H]1CCN(Cc2ccccc2)C1. The molecule has 1 aromatic carbocycles. The summed E-state index contributed by atoms with van der Waals surface area (Å²) < 4.78 is 12.9. The Balaban J connectivity index is 1.88. The molecule has 0 saturated carbocycles. The van der Waals surface area contributed by atoms with E-state index in [0.29, 0.717) is 3.92 Å². The minimum atomic E-state index is -1.04. The molecule has 0 bridgehead atoms. The van der Waals surface area contributed by atoms with Crippen molar-refractivity contribution in [1.82, 2.24) is 4.90 Å². The number of alkyl halides is 1. The Morgan fingerprint density at radius 2 is 2.14 bits per heavy atom. The fourth-order valence-corrected chi connectivity index (χ4v) is 3.06. The quantitative estimate of drug-likeness (QED) is 0.524. The van der Waals surface area contributed by atoms with Crippen molar-refractivity contribution >= 4 is 0 Å². The first-order valence-corrected chi connectivity index (χ1v) is 6.95. The van der Waals surface area contributed by atoms with Crippen molar-refractivity contribution in [3.05, 3.63) is 35.9 Å². The maximum absolute atomic E-state index is 12.5. The number of benzene rings is 1. The molecule has 0 aromatic heterocycles. The van der Waals surface area contributed by atoms with Gasteiger partial charge in [-0.05, 0) is 0 Å². The molecule has 0 radical (unpaired) electrons. The summed E-state index contributed by atoms with van der Waals surface area (Å²) in [4.78, 5) is 2.36. The molecule has 1 aromatic rings. The predicted octanol–water partition coefficient (Wildman–Crippen LogP) is -0.766. The summed E-state index contributed by atoms with van der Waals surface area (Å²) in [6.45, 7) is 3.03. The zero-order valence-electron chi connectivity index (χ0n) is 8.00. The minimum absolute atomic E-state index is 0.387. The molecule has 1 saturated heterocycles. The number of rotatable bonds is 3. The molecule has 2 rings (SSSR count). The zero-order valence-corrected chi connectivity index (χ0v) is 10.2. The van der Waals surface area contributed by atoms with E-state index in [2.05, 4.69) is 29.2 Å². The Morgan fingerprint density at radius 1 is 1.36 bits per heavy atom. The monoisotopic (exact) mass is 306 g/mol. The first-order valence-electron chi connectivity index (χ1n) is 4.89. The molecule has 1 nitrogen and oxygen atoms in total. The summed E-state index contributed by atoms with van der Waals surface area (Å²) in [6, 6.07) is 10.4. The Hall–Kier alpha value is -0.160. The van der Waals surface area contributed by atoms with Gasteiger partial charge in [-0.3, -0.25) is 0 Å². The van der Waals surface area contributed by atoms with Gasteiger partial charge in [-0.1, -0.05) is 0 Å². The Labute approximate surface area is 95.3 Å². The van der Waals surface area contributed by atoms with Crippen molar-refractivity contribution in [2.75, 3.05) is 13.1 Å². The third-order valence-corrected chi connectivity index (χ3v) is 4.26. The topological polar surface area (TPSA) is 3.24 Å². The van der Waals surface area contributed by atoms with Crippen LogP contribution in [0.1, 0.15) is 12.0 Å². The average molecular weight is 306 g/mol. The third kappa shape index (κ3) is 2.67. The standard InChI is InChI=1S/C11H14FIN/c12-13-11-6-7-14(9-11)8-10-4-2-1-3-5-10/h1-5,11H,6-9H2/q-1/t11-/m0/s1. The van der Waals surface area contributed by atoms with Crippen LogP contribution in [0.4, 0.5) is 2.86 Å². The maximum atomic E-state index is 12.5. The van der Waals surface area contributed by atoms with Gasteiger partial charge in [-0.2, -0.15) is 0 Å². The van der Waals surface area contributed by atoms with Crippen LogP contribution in [0.25, 0.3) is 0 Å². The van der Waals surface area contributed by atoms with Gasteiger partial charge in [-0.15, -0.1) is 0 Å². The van der Waals surface area contributed by atoms with Gasteiger partial charge in [-0.25, -0.2) is 0 Å². The van der Waals surface area contributed by atoms with Gasteiger partial charge in [0.25, 0.3) is 0 Å². The van der Waals surface area contributed by atoms with Crippen molar-refractivity contribution < 1.29 is 24.6 Å². The molecule has 14 heavy (non-hydrogen) atoms. The number of nitrogens with zero attached hydrogens (tertiary/aromatic N) is 1. The van der Waals surface area contributed by atoms with Gasteiger partial charge in [0.1, 0.15) is 0 Å². The summed E-state index contributed by atoms with van der Waals surface area (Å²) in [7, 11) is 0. The van der Waals surface area contributed by atoms with Crippen LogP contribution < -0.4 is 21.8 Å². The Kier molecular flexibility index (Phi) is 3.75. The van der Waals surface area contributed by atoms with E-state index in [1.807, 2.05) is 6.07 Å². The summed E-state index contributed by atoms with van der Waals surface area (Å²) >= 11 is -1.04. The van der Waals surface area contributed by atoms with Crippen molar-refractivity contribution in [1.29, 1.82) is 0 Å². The van der Waals surface area contributed by atoms with E-state index in [1.165, 1.54) is 5.56 Å². The molecule has 0 N–H and O–H groups in total. The van der Waals surface area contributed by atoms with Crippen molar-refractivity contribution in [3.63, 3.8) is 0 Å². The van der Waals surface area contributed by atoms with Gasteiger partial charge >= 0.3 is 95.4 Å². The van der Waals surface area contributed by atoms with E-state index in [0.717, 1.165) is 26.1 Å². The number of halogens is 2. The molecule has 1 atom stereocenters. The fourth-order valence-electron chi connectivity index (χ4n) is 1.84. The molecule has 3 heteroatoms. The number of hydrogen-bond donors (Lipinski definition) is 0. The van der Waals surface area contributed by atoms with Crippen molar-refractivity contribution in [3.8, 4) is 0 Å². The molecule has 0 unspecified atom stereocenters. The van der Waals surface area contributed by atoms with E-state index in [9.17, 15) is 2.86 Å². The Bertz CT molecular complexity index is 278. The van der Waals surface area contributed by atoms with Crippen LogP contribution >= 0.6 is 0 Å². The van der Waals surface area contributed by atoms with Gasteiger partial charge in [0.15, 0.2) is 0 Å². The summed E-state index contributed by atoms with van der Waals surface area (Å²) in [5.74, 6) is 0. The summed E-state index contributed by atoms with van der Waals surface area (Å²) in [5, 5.41) is 0. The summed E-state index contributed by atoms with van der Waals surface area (Å²) in [6.07, 6.45) is 1.07. The molecule has 0 aliphatic carbocycles. The van der Waals surface area contributed by atoms with Crippen LogP contribution in [0, 0.1) is 0 Å². The van der Waals surface area contributed by atoms with E-state index in [4.69, 9.17) is 0 Å². The van der Waals surface area contributed by atoms with Crippen LogP contribution in [-0.4, -0.2) is 21.9 Å². The number of likely N-dealkylation sites (tertiary alicyclic amines) is 1. The molecule has 0 amide bonds. The van der Waals surface area contributed by atoms with Crippen molar-refractivity contribution in [2.45, 2.75) is 16.9 Å². The second-order valence-electron chi connectivity index (χ2n) is 3.69. The van der Waals surface area contributed by atoms with Crippen LogP contribution in [0.2, 0.25) is 0 Å². The van der Waals surface area contributed by atoms with Crippen LogP contribution in [0.5, 0.6) is 0 Å². The second-order valence-corrected chi connectivity index (χ2v) is 5.92. The molecule has 78 valence electrons. The molecular formula is C11H14FIN-. The van der Waals surface area contributed by atoms with E-state index < -0.39 is 21.8 Å². The van der Waals surface area contributed by atoms with E-state index >= 15 is 0 Å². The zero-order chi connectivity index (χ0) is 9.80. The third-order valence-electron chi connectivity index (χ3n) is 2.58. The number of hydrogen-bond acceptors (Lipinski definition) is 1. The first kappa shape index (κ1) is 10.4. The molecular weight excluding hydrogens is 292 g/mol. The molecule has 1 aliphatic rings. The van der Waals surface area contributed by atoms with Gasteiger partial charge < -0.3 is 0 Å².